The quantitative estimate of drug-likeness (QED) is 0.466. The van der Waals surface area contributed by atoms with Crippen molar-refractivity contribution in [2.45, 2.75) is 32.2 Å². The van der Waals surface area contributed by atoms with E-state index in [-0.39, 0.29) is 0 Å². The summed E-state index contributed by atoms with van der Waals surface area (Å²) in [5.74, 6) is 1.06. The lowest BCUT2D eigenvalue weighted by Crippen LogP contribution is -2.54. The van der Waals surface area contributed by atoms with Gasteiger partial charge in [0.05, 0.1) is 26.8 Å². The molecule has 1 N–H and O–H groups in total. The van der Waals surface area contributed by atoms with Crippen molar-refractivity contribution in [3.63, 3.8) is 0 Å². The molecule has 1 fully saturated rings. The molecule has 1 aromatic rings. The van der Waals surface area contributed by atoms with Gasteiger partial charge < -0.3 is 4.74 Å². The number of likely N-dealkylation sites (tertiary alicyclic amines) is 1. The Morgan fingerprint density at radius 1 is 1.38 bits per heavy atom. The zero-order chi connectivity index (χ0) is 17.3. The van der Waals surface area contributed by atoms with Crippen LogP contribution >= 0.6 is 0 Å². The van der Waals surface area contributed by atoms with Crippen LogP contribution in [-0.4, -0.2) is 63.7 Å². The highest BCUT2D eigenvalue weighted by Crippen LogP contribution is 2.24. The van der Waals surface area contributed by atoms with E-state index in [9.17, 15) is 0 Å². The number of rotatable bonds is 7. The number of nitrogens with one attached hydrogen (secondary N) is 1. The molecular weight excluding hydrogens is 297 g/mol. The summed E-state index contributed by atoms with van der Waals surface area (Å²) in [4.78, 5) is 2.43. The van der Waals surface area contributed by atoms with Crippen molar-refractivity contribution in [3.05, 3.63) is 35.5 Å². The maximum Gasteiger partial charge on any atom is 0.152 e. The number of aryl methyl sites for hydroxylation is 1. The van der Waals surface area contributed by atoms with Gasteiger partial charge >= 0.3 is 0 Å². The van der Waals surface area contributed by atoms with Gasteiger partial charge in [-0.15, -0.1) is 0 Å². The standard InChI is InChI=1S/C19H30BN3O/c1-14(21-23(3,4)5)9-11-22-12-17(13-22)24-18-7-6-16-8-10-20-19(16)15(18)2/h6-7,17,21H,1,8-13H2,2-5H3/q+1. The Morgan fingerprint density at radius 2 is 2.12 bits per heavy atom. The lowest BCUT2D eigenvalue weighted by molar-refractivity contribution is -0.910. The Balaban J connectivity index is 1.42. The number of hydrogen-bond acceptors (Lipinski definition) is 3. The van der Waals surface area contributed by atoms with Crippen molar-refractivity contribution in [1.29, 1.82) is 0 Å². The summed E-state index contributed by atoms with van der Waals surface area (Å²) in [6.07, 6.45) is 3.65. The summed E-state index contributed by atoms with van der Waals surface area (Å²) in [5.41, 5.74) is 8.67. The van der Waals surface area contributed by atoms with Crippen LogP contribution in [-0.2, 0) is 6.42 Å². The zero-order valence-electron chi connectivity index (χ0n) is 15.6. The van der Waals surface area contributed by atoms with Crippen LogP contribution in [0.15, 0.2) is 24.4 Å². The molecule has 0 saturated carbocycles. The van der Waals surface area contributed by atoms with Gasteiger partial charge in [0.2, 0.25) is 0 Å². The fourth-order valence-electron chi connectivity index (χ4n) is 3.55. The maximum absolute atomic E-state index is 6.22. The van der Waals surface area contributed by atoms with Crippen molar-refractivity contribution in [2.24, 2.45) is 0 Å². The van der Waals surface area contributed by atoms with Crippen molar-refractivity contribution in [1.82, 2.24) is 10.3 Å². The molecule has 0 atom stereocenters. The lowest BCUT2D eigenvalue weighted by atomic mass is 9.70. The molecular formula is C19H30BN3O+. The smallest absolute Gasteiger partial charge is 0.152 e. The number of nitrogens with zero attached hydrogens (tertiary/aromatic N) is 2. The third-order valence-corrected chi connectivity index (χ3v) is 4.76. The molecule has 3 rings (SSSR count). The van der Waals surface area contributed by atoms with Gasteiger partial charge in [0.25, 0.3) is 0 Å². The van der Waals surface area contributed by atoms with E-state index in [1.54, 1.807) is 0 Å². The van der Waals surface area contributed by atoms with E-state index in [2.05, 4.69) is 64.4 Å². The average molecular weight is 327 g/mol. The molecule has 0 aliphatic carbocycles. The molecule has 4 nitrogen and oxygen atoms in total. The minimum Gasteiger partial charge on any atom is -0.488 e. The van der Waals surface area contributed by atoms with Gasteiger partial charge in [-0.1, -0.05) is 30.0 Å². The van der Waals surface area contributed by atoms with Gasteiger partial charge in [-0.3, -0.25) is 4.90 Å². The minimum absolute atomic E-state index is 0.322. The second-order valence-electron chi connectivity index (χ2n) is 7.98. The fourth-order valence-corrected chi connectivity index (χ4v) is 3.55. The van der Waals surface area contributed by atoms with E-state index in [0.717, 1.165) is 37.5 Å². The van der Waals surface area contributed by atoms with E-state index < -0.39 is 0 Å². The first-order valence-corrected chi connectivity index (χ1v) is 8.94. The van der Waals surface area contributed by atoms with Crippen LogP contribution < -0.4 is 15.6 Å². The Hall–Kier alpha value is -1.46. The molecule has 0 aromatic heterocycles. The summed E-state index contributed by atoms with van der Waals surface area (Å²) in [7, 11) is 8.66. The van der Waals surface area contributed by atoms with E-state index in [0.29, 0.717) is 10.7 Å². The highest BCUT2D eigenvalue weighted by atomic mass is 16.5. The van der Waals surface area contributed by atoms with Gasteiger partial charge in [-0.2, -0.15) is 0 Å². The molecule has 2 aliphatic rings. The van der Waals surface area contributed by atoms with Crippen molar-refractivity contribution < 1.29 is 9.33 Å². The molecule has 0 spiro atoms. The molecule has 1 aromatic carbocycles. The van der Waals surface area contributed by atoms with Gasteiger partial charge in [0.15, 0.2) is 7.28 Å². The third kappa shape index (κ3) is 4.14. The van der Waals surface area contributed by atoms with E-state index in [1.807, 2.05) is 0 Å². The normalized spacial score (nSPS) is 17.8. The van der Waals surface area contributed by atoms with E-state index in [4.69, 9.17) is 4.74 Å². The zero-order valence-corrected chi connectivity index (χ0v) is 15.6. The maximum atomic E-state index is 6.22. The third-order valence-electron chi connectivity index (χ3n) is 4.76. The lowest BCUT2D eigenvalue weighted by Gasteiger charge is -2.39. The van der Waals surface area contributed by atoms with E-state index in [1.165, 1.54) is 29.3 Å². The van der Waals surface area contributed by atoms with Gasteiger partial charge in [-0.05, 0) is 25.0 Å². The van der Waals surface area contributed by atoms with Gasteiger partial charge in [0.1, 0.15) is 11.9 Å². The molecule has 2 heterocycles. The predicted octanol–water partition coefficient (Wildman–Crippen LogP) is 1.48. The SMILES string of the molecule is C=C(CCN1CC(Oc2ccc3c(c2C)[B]CC3)C1)N[N+](C)(C)C. The second kappa shape index (κ2) is 6.81. The van der Waals surface area contributed by atoms with Crippen molar-refractivity contribution >= 4 is 12.7 Å². The van der Waals surface area contributed by atoms with Crippen LogP contribution in [0, 0.1) is 6.92 Å². The number of quaternary nitrogens is 1. The van der Waals surface area contributed by atoms with Crippen LogP contribution in [0.5, 0.6) is 5.75 Å². The molecule has 2 aliphatic heterocycles. The number of ether oxygens (including phenoxy) is 1. The molecule has 1 saturated heterocycles. The highest BCUT2D eigenvalue weighted by Gasteiger charge is 2.29. The summed E-state index contributed by atoms with van der Waals surface area (Å²) in [6.45, 7) is 9.37. The van der Waals surface area contributed by atoms with Crippen molar-refractivity contribution in [2.75, 3.05) is 40.8 Å². The molecule has 0 unspecified atom stereocenters. The number of fused-ring (bicyclic) bond motifs is 1. The largest absolute Gasteiger partial charge is 0.488 e. The molecule has 0 bridgehead atoms. The second-order valence-corrected chi connectivity index (χ2v) is 7.98. The number of benzene rings is 1. The summed E-state index contributed by atoms with van der Waals surface area (Å²) in [5, 5.41) is 0. The Labute approximate surface area is 147 Å². The monoisotopic (exact) mass is 327 g/mol. The average Bonchev–Trinajstić information content (AvgIpc) is 2.90. The molecule has 0 amide bonds. The summed E-state index contributed by atoms with van der Waals surface area (Å²) < 4.78 is 6.93. The van der Waals surface area contributed by atoms with Crippen molar-refractivity contribution in [3.8, 4) is 5.75 Å². The summed E-state index contributed by atoms with van der Waals surface area (Å²) >= 11 is 0. The summed E-state index contributed by atoms with van der Waals surface area (Å²) in [6, 6.07) is 4.39. The first-order chi connectivity index (χ1) is 11.3. The Bertz CT molecular complexity index is 618. The fraction of sp³-hybridized carbons (Fsp3) is 0.579. The topological polar surface area (TPSA) is 24.5 Å². The Kier molecular flexibility index (Phi) is 4.93. The van der Waals surface area contributed by atoms with Gasteiger partial charge in [0, 0.05) is 26.1 Å². The van der Waals surface area contributed by atoms with Crippen LogP contribution in [0.4, 0.5) is 0 Å². The van der Waals surface area contributed by atoms with Gasteiger partial charge in [-0.25, -0.2) is 10.0 Å². The first kappa shape index (κ1) is 17.4. The predicted molar refractivity (Wildman–Crippen MR) is 101 cm³/mol. The molecule has 129 valence electrons. The molecule has 1 radical (unpaired) electrons. The first-order valence-electron chi connectivity index (χ1n) is 8.94. The Morgan fingerprint density at radius 3 is 2.83 bits per heavy atom. The van der Waals surface area contributed by atoms with Crippen LogP contribution in [0.25, 0.3) is 0 Å². The molecule has 24 heavy (non-hydrogen) atoms. The van der Waals surface area contributed by atoms with E-state index >= 15 is 0 Å². The minimum atomic E-state index is 0.322. The molecule has 5 heteroatoms. The van der Waals surface area contributed by atoms with Crippen LogP contribution in [0.2, 0.25) is 6.32 Å². The highest BCUT2D eigenvalue weighted by molar-refractivity contribution is 6.56. The van der Waals surface area contributed by atoms with Crippen LogP contribution in [0.1, 0.15) is 17.5 Å². The number of hydrogen-bond donors (Lipinski definition) is 1. The van der Waals surface area contributed by atoms with Crippen LogP contribution in [0.3, 0.4) is 0 Å².